The molecule has 2 heterocycles. The Morgan fingerprint density at radius 3 is 3.09 bits per heavy atom. The molecule has 2 rings (SSSR count). The van der Waals surface area contributed by atoms with Crippen molar-refractivity contribution in [1.82, 2.24) is 15.1 Å². The third kappa shape index (κ3) is 1.19. The van der Waals surface area contributed by atoms with Gasteiger partial charge in [-0.05, 0) is 5.57 Å². The molecule has 1 aromatic heterocycles. The van der Waals surface area contributed by atoms with Crippen molar-refractivity contribution in [3.63, 3.8) is 0 Å². The lowest BCUT2D eigenvalue weighted by Gasteiger charge is -1.93. The van der Waals surface area contributed by atoms with Gasteiger partial charge in [0.25, 0.3) is 0 Å². The third-order valence-electron chi connectivity index (χ3n) is 1.88. The van der Waals surface area contributed by atoms with Gasteiger partial charge in [-0.25, -0.2) is 0 Å². The zero-order valence-corrected chi connectivity index (χ0v) is 6.54. The molecular formula is C8H11N3. The van der Waals surface area contributed by atoms with Gasteiger partial charge in [-0.1, -0.05) is 6.08 Å². The van der Waals surface area contributed by atoms with Gasteiger partial charge in [-0.3, -0.25) is 4.68 Å². The van der Waals surface area contributed by atoms with Gasteiger partial charge in [0.2, 0.25) is 0 Å². The lowest BCUT2D eigenvalue weighted by atomic mass is 10.1. The molecule has 0 spiro atoms. The standard InChI is InChI=1S/C8H11N3/c1-11-6-8(5-10-11)7-2-3-9-4-7/h2,5-6,9H,3-4H2,1H3. The van der Waals surface area contributed by atoms with Crippen LogP contribution in [0.4, 0.5) is 0 Å². The molecule has 0 saturated carbocycles. The van der Waals surface area contributed by atoms with Crippen LogP contribution in [-0.4, -0.2) is 22.9 Å². The first-order valence-electron chi connectivity index (χ1n) is 3.75. The van der Waals surface area contributed by atoms with E-state index in [1.54, 1.807) is 0 Å². The summed E-state index contributed by atoms with van der Waals surface area (Å²) in [5, 5.41) is 7.36. The summed E-state index contributed by atoms with van der Waals surface area (Å²) < 4.78 is 1.83. The lowest BCUT2D eigenvalue weighted by Crippen LogP contribution is -2.07. The predicted octanol–water partition coefficient (Wildman–Crippen LogP) is 0.407. The number of aromatic nitrogens is 2. The highest BCUT2D eigenvalue weighted by Crippen LogP contribution is 2.14. The summed E-state index contributed by atoms with van der Waals surface area (Å²) in [5.41, 5.74) is 2.59. The molecule has 0 aromatic carbocycles. The van der Waals surface area contributed by atoms with Gasteiger partial charge in [-0.15, -0.1) is 0 Å². The molecule has 0 saturated heterocycles. The van der Waals surface area contributed by atoms with E-state index < -0.39 is 0 Å². The van der Waals surface area contributed by atoms with Gasteiger partial charge >= 0.3 is 0 Å². The van der Waals surface area contributed by atoms with Crippen LogP contribution < -0.4 is 5.32 Å². The van der Waals surface area contributed by atoms with Crippen LogP contribution in [0.3, 0.4) is 0 Å². The highest BCUT2D eigenvalue weighted by molar-refractivity contribution is 5.67. The van der Waals surface area contributed by atoms with Crippen molar-refractivity contribution in [3.8, 4) is 0 Å². The molecule has 0 bridgehead atoms. The number of aryl methyl sites for hydroxylation is 1. The topological polar surface area (TPSA) is 29.9 Å². The van der Waals surface area contributed by atoms with E-state index >= 15 is 0 Å². The van der Waals surface area contributed by atoms with Crippen molar-refractivity contribution in [2.24, 2.45) is 7.05 Å². The van der Waals surface area contributed by atoms with Crippen molar-refractivity contribution in [2.75, 3.05) is 13.1 Å². The molecule has 1 aliphatic heterocycles. The summed E-state index contributed by atoms with van der Waals surface area (Å²) in [6.07, 6.45) is 6.15. The fraction of sp³-hybridized carbons (Fsp3) is 0.375. The van der Waals surface area contributed by atoms with Gasteiger partial charge in [0.1, 0.15) is 0 Å². The molecule has 3 nitrogen and oxygen atoms in total. The van der Waals surface area contributed by atoms with Gasteiger partial charge in [0.15, 0.2) is 0 Å². The quantitative estimate of drug-likeness (QED) is 0.626. The van der Waals surface area contributed by atoms with Crippen LogP contribution in [0.2, 0.25) is 0 Å². The van der Waals surface area contributed by atoms with Crippen LogP contribution in [0, 0.1) is 0 Å². The van der Waals surface area contributed by atoms with Crippen molar-refractivity contribution >= 4 is 5.57 Å². The fourth-order valence-electron chi connectivity index (χ4n) is 1.28. The number of hydrogen-bond acceptors (Lipinski definition) is 2. The van der Waals surface area contributed by atoms with E-state index in [0.29, 0.717) is 0 Å². The molecule has 58 valence electrons. The minimum Gasteiger partial charge on any atom is -0.309 e. The maximum atomic E-state index is 4.11. The van der Waals surface area contributed by atoms with Crippen LogP contribution in [0.5, 0.6) is 0 Å². The van der Waals surface area contributed by atoms with Crippen molar-refractivity contribution in [3.05, 3.63) is 24.0 Å². The lowest BCUT2D eigenvalue weighted by molar-refractivity contribution is 0.767. The molecule has 0 atom stereocenters. The number of hydrogen-bond donors (Lipinski definition) is 1. The average molecular weight is 149 g/mol. The fourth-order valence-corrected chi connectivity index (χ4v) is 1.28. The van der Waals surface area contributed by atoms with E-state index in [0.717, 1.165) is 13.1 Å². The molecule has 0 radical (unpaired) electrons. The summed E-state index contributed by atoms with van der Waals surface area (Å²) >= 11 is 0. The number of nitrogens with one attached hydrogen (secondary N) is 1. The maximum Gasteiger partial charge on any atom is 0.0565 e. The Morgan fingerprint density at radius 2 is 2.55 bits per heavy atom. The Kier molecular flexibility index (Phi) is 1.51. The predicted molar refractivity (Wildman–Crippen MR) is 44.1 cm³/mol. The summed E-state index contributed by atoms with van der Waals surface area (Å²) in [6.45, 7) is 1.97. The molecular weight excluding hydrogens is 138 g/mol. The van der Waals surface area contributed by atoms with E-state index in [1.807, 2.05) is 24.1 Å². The summed E-state index contributed by atoms with van der Waals surface area (Å²) in [7, 11) is 1.94. The Labute approximate surface area is 65.7 Å². The SMILES string of the molecule is Cn1cc(C2=CCNC2)cn1. The van der Waals surface area contributed by atoms with Crippen LogP contribution in [0.1, 0.15) is 5.56 Å². The Morgan fingerprint density at radius 1 is 1.64 bits per heavy atom. The van der Waals surface area contributed by atoms with Crippen molar-refractivity contribution in [1.29, 1.82) is 0 Å². The molecule has 3 heteroatoms. The Balaban J connectivity index is 2.28. The molecule has 0 unspecified atom stereocenters. The van der Waals surface area contributed by atoms with Crippen LogP contribution in [0.25, 0.3) is 5.57 Å². The summed E-state index contributed by atoms with van der Waals surface area (Å²) in [4.78, 5) is 0. The van der Waals surface area contributed by atoms with Gasteiger partial charge in [0.05, 0.1) is 6.20 Å². The van der Waals surface area contributed by atoms with E-state index in [2.05, 4.69) is 16.5 Å². The molecule has 1 N–H and O–H groups in total. The first-order valence-corrected chi connectivity index (χ1v) is 3.75. The summed E-state index contributed by atoms with van der Waals surface area (Å²) in [6, 6.07) is 0. The zero-order valence-electron chi connectivity index (χ0n) is 6.54. The molecule has 0 fully saturated rings. The van der Waals surface area contributed by atoms with Gasteiger partial charge in [0, 0.05) is 31.9 Å². The van der Waals surface area contributed by atoms with E-state index in [1.165, 1.54) is 11.1 Å². The minimum absolute atomic E-state index is 0.978. The van der Waals surface area contributed by atoms with E-state index in [-0.39, 0.29) is 0 Å². The number of rotatable bonds is 1. The zero-order chi connectivity index (χ0) is 7.68. The Hall–Kier alpha value is -1.09. The normalized spacial score (nSPS) is 17.0. The molecule has 0 aliphatic carbocycles. The molecule has 1 aliphatic rings. The molecule has 1 aromatic rings. The number of nitrogens with zero attached hydrogens (tertiary/aromatic N) is 2. The largest absolute Gasteiger partial charge is 0.309 e. The first-order chi connectivity index (χ1) is 5.36. The molecule has 11 heavy (non-hydrogen) atoms. The average Bonchev–Trinajstić information content (AvgIpc) is 2.55. The Bertz CT molecular complexity index is 285. The van der Waals surface area contributed by atoms with Crippen LogP contribution in [-0.2, 0) is 7.05 Å². The van der Waals surface area contributed by atoms with E-state index in [9.17, 15) is 0 Å². The second-order valence-electron chi connectivity index (χ2n) is 2.76. The monoisotopic (exact) mass is 149 g/mol. The van der Waals surface area contributed by atoms with Gasteiger partial charge in [-0.2, -0.15) is 5.10 Å². The second kappa shape index (κ2) is 2.51. The second-order valence-corrected chi connectivity index (χ2v) is 2.76. The van der Waals surface area contributed by atoms with Crippen molar-refractivity contribution < 1.29 is 0 Å². The van der Waals surface area contributed by atoms with Crippen LogP contribution in [0.15, 0.2) is 18.5 Å². The van der Waals surface area contributed by atoms with Crippen molar-refractivity contribution in [2.45, 2.75) is 0 Å². The molecule has 0 amide bonds. The maximum absolute atomic E-state index is 4.11. The summed E-state index contributed by atoms with van der Waals surface area (Å²) in [5.74, 6) is 0. The first kappa shape index (κ1) is 6.61. The third-order valence-corrected chi connectivity index (χ3v) is 1.88. The smallest absolute Gasteiger partial charge is 0.0565 e. The highest BCUT2D eigenvalue weighted by Gasteiger charge is 2.06. The highest BCUT2D eigenvalue weighted by atomic mass is 15.2. The minimum atomic E-state index is 0.978. The van der Waals surface area contributed by atoms with Gasteiger partial charge < -0.3 is 5.32 Å². The van der Waals surface area contributed by atoms with Crippen LogP contribution >= 0.6 is 0 Å². The van der Waals surface area contributed by atoms with E-state index in [4.69, 9.17) is 0 Å².